The molecule has 0 spiro atoms. The molecule has 202 valence electrons. The third kappa shape index (κ3) is 9.41. The molecule has 3 rings (SSSR count). The maximum atomic E-state index is 11.1. The number of aromatic hydroxyl groups is 1. The summed E-state index contributed by atoms with van der Waals surface area (Å²) in [5.41, 5.74) is 3.72. The summed E-state index contributed by atoms with van der Waals surface area (Å²) in [5.74, 6) is 0.701. The van der Waals surface area contributed by atoms with Gasteiger partial charge in [-0.25, -0.2) is 0 Å². The molecule has 0 aromatic heterocycles. The summed E-state index contributed by atoms with van der Waals surface area (Å²) in [6.45, 7) is 7.08. The van der Waals surface area contributed by atoms with Crippen molar-refractivity contribution in [2.24, 2.45) is 5.92 Å². The Bertz CT molecular complexity index is 951. The Morgan fingerprint density at radius 3 is 2.64 bits per heavy atom. The highest BCUT2D eigenvalue weighted by Crippen LogP contribution is 2.46. The standard InChI is InChI=1S/C26H37N3O4S.2ClH/c1-17(2)11-20(16-33-3)28-13-19-6-4-5-18(12-19)9-10-27-14-23(32)21-7-8-22(31)25-26(21)34-24(15-30)29-25;;/h4-8,12,15,17,20,23-24,27-29,31-32H,9-11,13-14,16H2,1-3H3;2*1H/t20-,23-,24?;;/m0../s1. The van der Waals surface area contributed by atoms with Gasteiger partial charge in [0.1, 0.15) is 11.1 Å². The monoisotopic (exact) mass is 559 g/mol. The van der Waals surface area contributed by atoms with Crippen LogP contribution in [0, 0.1) is 5.92 Å². The molecule has 0 saturated heterocycles. The zero-order chi connectivity index (χ0) is 24.5. The summed E-state index contributed by atoms with van der Waals surface area (Å²) >= 11 is 1.31. The van der Waals surface area contributed by atoms with Crippen LogP contribution >= 0.6 is 36.6 Å². The number of phenolic OH excluding ortho intramolecular Hbond substituents is 1. The highest BCUT2D eigenvalue weighted by molar-refractivity contribution is 8.01. The van der Waals surface area contributed by atoms with Crippen molar-refractivity contribution in [2.75, 3.05) is 32.1 Å². The van der Waals surface area contributed by atoms with Crippen LogP contribution in [0.15, 0.2) is 41.3 Å². The van der Waals surface area contributed by atoms with Gasteiger partial charge in [0.2, 0.25) is 0 Å². The summed E-state index contributed by atoms with van der Waals surface area (Å²) in [5, 5.41) is 30.2. The third-order valence-electron chi connectivity index (χ3n) is 5.82. The number of anilines is 1. The van der Waals surface area contributed by atoms with Crippen LogP contribution in [0.3, 0.4) is 0 Å². The lowest BCUT2D eigenvalue weighted by Crippen LogP contribution is -2.34. The summed E-state index contributed by atoms with van der Waals surface area (Å²) in [4.78, 5) is 11.9. The van der Waals surface area contributed by atoms with Crippen LogP contribution in [0.1, 0.15) is 43.1 Å². The molecular weight excluding hydrogens is 521 g/mol. The minimum absolute atomic E-state index is 0. The van der Waals surface area contributed by atoms with Crippen molar-refractivity contribution in [3.63, 3.8) is 0 Å². The predicted molar refractivity (Wildman–Crippen MR) is 152 cm³/mol. The Morgan fingerprint density at radius 1 is 1.19 bits per heavy atom. The number of carbonyl (C=O) groups is 1. The summed E-state index contributed by atoms with van der Waals surface area (Å²) in [6.07, 6.45) is 1.99. The number of aldehydes is 1. The fraction of sp³-hybridized carbons (Fsp3) is 0.500. The van der Waals surface area contributed by atoms with Gasteiger partial charge in [-0.2, -0.15) is 0 Å². The lowest BCUT2D eigenvalue weighted by molar-refractivity contribution is -0.107. The predicted octanol–water partition coefficient (Wildman–Crippen LogP) is 4.29. The van der Waals surface area contributed by atoms with Crippen LogP contribution in [0.2, 0.25) is 0 Å². The maximum Gasteiger partial charge on any atom is 0.152 e. The molecule has 0 bridgehead atoms. The van der Waals surface area contributed by atoms with Gasteiger partial charge in [-0.3, -0.25) is 0 Å². The Hall–Kier alpha value is -1.52. The van der Waals surface area contributed by atoms with Gasteiger partial charge < -0.3 is 35.7 Å². The molecule has 2 aromatic carbocycles. The highest BCUT2D eigenvalue weighted by Gasteiger charge is 2.28. The normalized spacial score (nSPS) is 15.9. The number of methoxy groups -OCH3 is 1. The number of aliphatic hydroxyl groups excluding tert-OH is 1. The molecule has 0 radical (unpaired) electrons. The molecule has 2 aromatic rings. The second-order valence-corrected chi connectivity index (χ2v) is 10.3. The number of hydrogen-bond donors (Lipinski definition) is 5. The fourth-order valence-electron chi connectivity index (χ4n) is 4.20. The first-order valence-corrected chi connectivity index (χ1v) is 12.7. The van der Waals surface area contributed by atoms with Crippen molar-refractivity contribution >= 4 is 48.5 Å². The largest absolute Gasteiger partial charge is 0.506 e. The van der Waals surface area contributed by atoms with E-state index in [0.717, 1.165) is 37.1 Å². The van der Waals surface area contributed by atoms with Gasteiger partial charge in [0, 0.05) is 31.1 Å². The van der Waals surface area contributed by atoms with E-state index in [0.29, 0.717) is 36.4 Å². The average molecular weight is 561 g/mol. The second-order valence-electron chi connectivity index (χ2n) is 9.15. The van der Waals surface area contributed by atoms with Crippen molar-refractivity contribution in [3.05, 3.63) is 53.1 Å². The van der Waals surface area contributed by atoms with Gasteiger partial charge in [-0.1, -0.05) is 55.9 Å². The van der Waals surface area contributed by atoms with Crippen molar-refractivity contribution in [2.45, 2.75) is 55.6 Å². The van der Waals surface area contributed by atoms with E-state index < -0.39 is 11.5 Å². The lowest BCUT2D eigenvalue weighted by Gasteiger charge is -2.20. The fourth-order valence-corrected chi connectivity index (χ4v) is 5.30. The minimum Gasteiger partial charge on any atom is -0.506 e. The molecule has 1 heterocycles. The van der Waals surface area contributed by atoms with E-state index >= 15 is 0 Å². The lowest BCUT2D eigenvalue weighted by atomic mass is 10.0. The molecule has 36 heavy (non-hydrogen) atoms. The van der Waals surface area contributed by atoms with Crippen LogP contribution in [0.25, 0.3) is 0 Å². The molecule has 0 saturated carbocycles. The second kappa shape index (κ2) is 16.3. The number of benzene rings is 2. The van der Waals surface area contributed by atoms with E-state index in [4.69, 9.17) is 4.74 Å². The van der Waals surface area contributed by atoms with Gasteiger partial charge in [0.25, 0.3) is 0 Å². The third-order valence-corrected chi connectivity index (χ3v) is 6.98. The van der Waals surface area contributed by atoms with E-state index in [2.05, 4.69) is 54.1 Å². The number of phenols is 1. The zero-order valence-corrected chi connectivity index (χ0v) is 23.5. The van der Waals surface area contributed by atoms with Crippen LogP contribution in [0.5, 0.6) is 5.75 Å². The molecule has 5 N–H and O–H groups in total. The van der Waals surface area contributed by atoms with Crippen LogP contribution in [-0.2, 0) is 22.5 Å². The number of carbonyl (C=O) groups excluding carboxylic acids is 1. The highest BCUT2D eigenvalue weighted by atomic mass is 35.5. The number of halogens is 2. The number of hydrogen-bond acceptors (Lipinski definition) is 8. The van der Waals surface area contributed by atoms with Gasteiger partial charge >= 0.3 is 0 Å². The quantitative estimate of drug-likeness (QED) is 0.133. The Balaban J connectivity index is 0.00000324. The first-order valence-electron chi connectivity index (χ1n) is 11.8. The Morgan fingerprint density at radius 2 is 1.94 bits per heavy atom. The molecule has 7 nitrogen and oxygen atoms in total. The zero-order valence-electron chi connectivity index (χ0n) is 21.0. The first kappa shape index (κ1) is 32.5. The summed E-state index contributed by atoms with van der Waals surface area (Å²) in [7, 11) is 1.74. The SMILES string of the molecule is COC[C@H](CC(C)C)NCc1cccc(CCNC[C@H](O)c2ccc(O)c3c2SC(C=O)N3)c1.Cl.Cl. The number of rotatable bonds is 14. The number of ether oxygens (including phenoxy) is 1. The van der Waals surface area contributed by atoms with Crippen LogP contribution < -0.4 is 16.0 Å². The van der Waals surface area contributed by atoms with E-state index in [1.54, 1.807) is 19.2 Å². The van der Waals surface area contributed by atoms with E-state index in [1.165, 1.54) is 22.9 Å². The Labute approximate surface area is 231 Å². The van der Waals surface area contributed by atoms with Crippen molar-refractivity contribution in [1.29, 1.82) is 0 Å². The number of aliphatic hydroxyl groups is 1. The summed E-state index contributed by atoms with van der Waals surface area (Å²) < 4.78 is 5.35. The van der Waals surface area contributed by atoms with Crippen molar-refractivity contribution in [3.8, 4) is 5.75 Å². The smallest absolute Gasteiger partial charge is 0.152 e. The van der Waals surface area contributed by atoms with Gasteiger partial charge in [0.15, 0.2) is 6.29 Å². The molecule has 0 aliphatic carbocycles. The Kier molecular flexibility index (Phi) is 14.8. The van der Waals surface area contributed by atoms with Crippen LogP contribution in [0.4, 0.5) is 5.69 Å². The molecule has 0 fully saturated rings. The molecule has 3 atom stereocenters. The number of thioether (sulfide) groups is 1. The molecule has 1 aliphatic heterocycles. The van der Waals surface area contributed by atoms with E-state index in [9.17, 15) is 15.0 Å². The van der Waals surface area contributed by atoms with Crippen LogP contribution in [-0.4, -0.2) is 54.7 Å². The number of fused-ring (bicyclic) bond motifs is 1. The molecule has 0 amide bonds. The molecule has 1 unspecified atom stereocenters. The van der Waals surface area contributed by atoms with Crippen molar-refractivity contribution in [1.82, 2.24) is 10.6 Å². The van der Waals surface area contributed by atoms with Gasteiger partial charge in [0.05, 0.1) is 18.4 Å². The van der Waals surface area contributed by atoms with Gasteiger partial charge in [-0.05, 0) is 48.1 Å². The van der Waals surface area contributed by atoms with Gasteiger partial charge in [-0.15, -0.1) is 24.8 Å². The summed E-state index contributed by atoms with van der Waals surface area (Å²) in [6, 6.07) is 12.2. The first-order chi connectivity index (χ1) is 16.4. The van der Waals surface area contributed by atoms with E-state index in [1.807, 2.05) is 0 Å². The number of nitrogens with one attached hydrogen (secondary N) is 3. The minimum atomic E-state index is -0.733. The molecule has 10 heteroatoms. The van der Waals surface area contributed by atoms with E-state index in [-0.39, 0.29) is 30.6 Å². The topological polar surface area (TPSA) is 103 Å². The average Bonchev–Trinajstić information content (AvgIpc) is 3.26. The molecule has 1 aliphatic rings. The van der Waals surface area contributed by atoms with Crippen molar-refractivity contribution < 1.29 is 19.7 Å². The maximum absolute atomic E-state index is 11.1. The molecular formula is C26H39Cl2N3O4S.